The molecule has 1 amide bonds. The lowest BCUT2D eigenvalue weighted by atomic mass is 9.77. The molecular weight excluding hydrogens is 356 g/mol. The van der Waals surface area contributed by atoms with Crippen LogP contribution in [0, 0.1) is 0 Å². The van der Waals surface area contributed by atoms with Gasteiger partial charge in [-0.1, -0.05) is 18.2 Å². The lowest BCUT2D eigenvalue weighted by Gasteiger charge is -2.36. The number of benzene rings is 3. The standard InChI is InChI=1S/C22H16N2O4/c1-12(25)24-14-7-9-18-20(11-14)27-19-10-13(23)6-8-17(19)22(18)16-5-3-2-4-15(16)21(26)28-22/h2-11H,23H2,1H3,(H,24,25). The van der Waals surface area contributed by atoms with E-state index < -0.39 is 11.6 Å². The quantitative estimate of drug-likeness (QED) is 0.501. The fraction of sp³-hybridized carbons (Fsp3) is 0.0909. The first kappa shape index (κ1) is 16.4. The van der Waals surface area contributed by atoms with Gasteiger partial charge in [0.1, 0.15) is 11.5 Å². The molecule has 3 aromatic carbocycles. The summed E-state index contributed by atoms with van der Waals surface area (Å²) in [5, 5.41) is 2.75. The van der Waals surface area contributed by atoms with Gasteiger partial charge in [-0.15, -0.1) is 0 Å². The average molecular weight is 372 g/mol. The largest absolute Gasteiger partial charge is 0.456 e. The molecule has 2 heterocycles. The van der Waals surface area contributed by atoms with Gasteiger partial charge < -0.3 is 20.5 Å². The van der Waals surface area contributed by atoms with Crippen molar-refractivity contribution >= 4 is 23.3 Å². The summed E-state index contributed by atoms with van der Waals surface area (Å²) in [4.78, 5) is 24.1. The van der Waals surface area contributed by atoms with Crippen LogP contribution in [0.5, 0.6) is 11.5 Å². The predicted molar refractivity (Wildman–Crippen MR) is 103 cm³/mol. The van der Waals surface area contributed by atoms with Crippen LogP contribution >= 0.6 is 0 Å². The van der Waals surface area contributed by atoms with Gasteiger partial charge in [0.2, 0.25) is 5.91 Å². The number of anilines is 2. The Morgan fingerprint density at radius 3 is 2.46 bits per heavy atom. The van der Waals surface area contributed by atoms with Crippen LogP contribution in [0.25, 0.3) is 0 Å². The lowest BCUT2D eigenvalue weighted by Crippen LogP contribution is -2.33. The molecule has 1 unspecified atom stereocenters. The number of hydrogen-bond donors (Lipinski definition) is 2. The molecule has 5 rings (SSSR count). The number of ether oxygens (including phenoxy) is 2. The third-order valence-corrected chi connectivity index (χ3v) is 5.06. The second-order valence-corrected chi connectivity index (χ2v) is 6.87. The predicted octanol–water partition coefficient (Wildman–Crippen LogP) is 3.80. The average Bonchev–Trinajstić information content (AvgIpc) is 2.95. The molecule has 1 atom stereocenters. The number of nitrogen functional groups attached to an aromatic ring is 1. The van der Waals surface area contributed by atoms with Crippen molar-refractivity contribution in [3.8, 4) is 11.5 Å². The molecule has 2 aliphatic rings. The van der Waals surface area contributed by atoms with Crippen LogP contribution in [0.2, 0.25) is 0 Å². The molecule has 6 nitrogen and oxygen atoms in total. The van der Waals surface area contributed by atoms with Crippen LogP contribution < -0.4 is 15.8 Å². The van der Waals surface area contributed by atoms with Gasteiger partial charge in [0.25, 0.3) is 0 Å². The number of rotatable bonds is 1. The number of nitrogens with one attached hydrogen (secondary N) is 1. The number of carbonyl (C=O) groups excluding carboxylic acids is 2. The summed E-state index contributed by atoms with van der Waals surface area (Å²) in [5.74, 6) is 0.427. The summed E-state index contributed by atoms with van der Waals surface area (Å²) >= 11 is 0. The van der Waals surface area contributed by atoms with E-state index >= 15 is 0 Å². The first-order chi connectivity index (χ1) is 13.5. The molecule has 0 saturated heterocycles. The van der Waals surface area contributed by atoms with E-state index in [2.05, 4.69) is 5.32 Å². The molecule has 0 aromatic heterocycles. The smallest absolute Gasteiger partial charge is 0.340 e. The van der Waals surface area contributed by atoms with E-state index in [1.165, 1.54) is 6.92 Å². The Hall–Kier alpha value is -3.80. The first-order valence-electron chi connectivity index (χ1n) is 8.82. The van der Waals surface area contributed by atoms with E-state index in [0.717, 1.165) is 5.56 Å². The minimum atomic E-state index is -1.13. The number of nitrogens with two attached hydrogens (primary N) is 1. The zero-order valence-corrected chi connectivity index (χ0v) is 15.0. The van der Waals surface area contributed by atoms with E-state index in [0.29, 0.717) is 39.6 Å². The minimum Gasteiger partial charge on any atom is -0.456 e. The zero-order valence-electron chi connectivity index (χ0n) is 15.0. The fourth-order valence-corrected chi connectivity index (χ4v) is 3.97. The van der Waals surface area contributed by atoms with Gasteiger partial charge in [-0.2, -0.15) is 0 Å². The van der Waals surface area contributed by atoms with Crippen LogP contribution in [-0.2, 0) is 15.1 Å². The van der Waals surface area contributed by atoms with Crippen LogP contribution in [0.3, 0.4) is 0 Å². The Bertz CT molecular complexity index is 1170. The van der Waals surface area contributed by atoms with Crippen LogP contribution in [-0.4, -0.2) is 11.9 Å². The molecule has 0 fully saturated rings. The highest BCUT2D eigenvalue weighted by atomic mass is 16.6. The van der Waals surface area contributed by atoms with Gasteiger partial charge in [-0.05, 0) is 30.3 Å². The van der Waals surface area contributed by atoms with E-state index in [-0.39, 0.29) is 5.91 Å². The van der Waals surface area contributed by atoms with Crippen molar-refractivity contribution in [2.45, 2.75) is 12.5 Å². The topological polar surface area (TPSA) is 90.7 Å². The van der Waals surface area contributed by atoms with Crippen molar-refractivity contribution in [2.75, 3.05) is 11.1 Å². The summed E-state index contributed by atoms with van der Waals surface area (Å²) in [5.41, 5.74) is 8.63. The third-order valence-electron chi connectivity index (χ3n) is 5.06. The summed E-state index contributed by atoms with van der Waals surface area (Å²) in [7, 11) is 0. The molecule has 3 N–H and O–H groups in total. The van der Waals surface area contributed by atoms with Gasteiger partial charge in [0, 0.05) is 47.1 Å². The van der Waals surface area contributed by atoms with Gasteiger partial charge in [0.15, 0.2) is 5.60 Å². The lowest BCUT2D eigenvalue weighted by molar-refractivity contribution is -0.114. The number of amides is 1. The highest BCUT2D eigenvalue weighted by Crippen LogP contribution is 2.56. The van der Waals surface area contributed by atoms with Crippen molar-refractivity contribution in [2.24, 2.45) is 0 Å². The van der Waals surface area contributed by atoms with Gasteiger partial charge in [0.05, 0.1) is 5.56 Å². The monoisotopic (exact) mass is 372 g/mol. The van der Waals surface area contributed by atoms with E-state index in [4.69, 9.17) is 15.2 Å². The highest BCUT2D eigenvalue weighted by Gasteiger charge is 2.53. The molecule has 0 radical (unpaired) electrons. The Morgan fingerprint density at radius 1 is 0.964 bits per heavy atom. The summed E-state index contributed by atoms with van der Waals surface area (Å²) in [6, 6.07) is 17.9. The van der Waals surface area contributed by atoms with E-state index in [1.54, 1.807) is 30.3 Å². The van der Waals surface area contributed by atoms with Gasteiger partial charge in [-0.3, -0.25) is 4.79 Å². The van der Waals surface area contributed by atoms with Gasteiger partial charge in [-0.25, -0.2) is 4.79 Å². The fourth-order valence-electron chi connectivity index (χ4n) is 3.97. The Labute approximate surface area is 160 Å². The van der Waals surface area contributed by atoms with Crippen LogP contribution in [0.1, 0.15) is 34.0 Å². The number of hydrogen-bond acceptors (Lipinski definition) is 5. The van der Waals surface area contributed by atoms with E-state index in [9.17, 15) is 9.59 Å². The maximum atomic E-state index is 12.7. The second-order valence-electron chi connectivity index (χ2n) is 6.87. The van der Waals surface area contributed by atoms with Crippen molar-refractivity contribution in [1.82, 2.24) is 0 Å². The maximum Gasteiger partial charge on any atom is 0.340 e. The van der Waals surface area contributed by atoms with Crippen molar-refractivity contribution in [3.05, 3.63) is 82.9 Å². The second kappa shape index (κ2) is 5.60. The summed E-state index contributed by atoms with van der Waals surface area (Å²) < 4.78 is 12.1. The molecule has 28 heavy (non-hydrogen) atoms. The first-order valence-corrected chi connectivity index (χ1v) is 8.82. The molecule has 2 aliphatic heterocycles. The SMILES string of the molecule is CC(=O)Nc1ccc2c(c1)Oc1cc(N)ccc1C21OC(=O)c2ccccc21. The number of carbonyl (C=O) groups is 2. The van der Waals surface area contributed by atoms with Gasteiger partial charge >= 0.3 is 5.97 Å². The van der Waals surface area contributed by atoms with E-state index in [1.807, 2.05) is 30.3 Å². The summed E-state index contributed by atoms with van der Waals surface area (Å²) in [6.45, 7) is 1.44. The minimum absolute atomic E-state index is 0.187. The Kier molecular flexibility index (Phi) is 3.27. The zero-order chi connectivity index (χ0) is 19.5. The van der Waals surface area contributed by atoms with Crippen molar-refractivity contribution < 1.29 is 19.1 Å². The Morgan fingerprint density at radius 2 is 1.68 bits per heavy atom. The van der Waals surface area contributed by atoms with Crippen LogP contribution in [0.4, 0.5) is 11.4 Å². The number of esters is 1. The Balaban J connectivity index is 1.81. The normalized spacial score (nSPS) is 18.5. The highest BCUT2D eigenvalue weighted by molar-refractivity contribution is 5.97. The molecule has 0 aliphatic carbocycles. The molecule has 3 aromatic rings. The van der Waals surface area contributed by atoms with Crippen molar-refractivity contribution in [3.63, 3.8) is 0 Å². The number of fused-ring (bicyclic) bond motifs is 6. The molecule has 6 heteroatoms. The molecule has 1 spiro atoms. The maximum absolute atomic E-state index is 12.7. The third kappa shape index (κ3) is 2.15. The molecule has 0 bridgehead atoms. The van der Waals surface area contributed by atoms with Crippen LogP contribution in [0.15, 0.2) is 60.7 Å². The molecule has 138 valence electrons. The molecule has 0 saturated carbocycles. The summed E-state index contributed by atoms with van der Waals surface area (Å²) in [6.07, 6.45) is 0. The molecular formula is C22H16N2O4. The van der Waals surface area contributed by atoms with Crippen molar-refractivity contribution in [1.29, 1.82) is 0 Å².